The van der Waals surface area contributed by atoms with Crippen LogP contribution in [0.25, 0.3) is 0 Å². The minimum atomic E-state index is 0.0149. The first-order valence-corrected chi connectivity index (χ1v) is 5.49. The van der Waals surface area contributed by atoms with E-state index in [1.54, 1.807) is 6.20 Å². The Morgan fingerprint density at radius 1 is 1.33 bits per heavy atom. The minimum Gasteiger partial charge on any atom is -0.383 e. The molecule has 0 aromatic carbocycles. The number of hydrogen-bond donors (Lipinski definition) is 2. The van der Waals surface area contributed by atoms with Crippen LogP contribution in [0.15, 0.2) is 12.3 Å². The molecule has 0 aliphatic carbocycles. The summed E-state index contributed by atoms with van der Waals surface area (Å²) in [6.45, 7) is 6.43. The Bertz CT molecular complexity index is 300. The third kappa shape index (κ3) is 3.20. The van der Waals surface area contributed by atoms with E-state index < -0.39 is 0 Å². The number of rotatable bonds is 4. The van der Waals surface area contributed by atoms with Crippen molar-refractivity contribution in [3.8, 4) is 0 Å². The Morgan fingerprint density at radius 2 is 2.00 bits per heavy atom. The van der Waals surface area contributed by atoms with Gasteiger partial charge in [0.15, 0.2) is 0 Å². The number of pyridine rings is 1. The molecule has 1 aromatic rings. The van der Waals surface area contributed by atoms with E-state index in [1.165, 1.54) is 0 Å². The molecule has 4 N–H and O–H groups in total. The lowest BCUT2D eigenvalue weighted by molar-refractivity contribution is 0.506. The topological polar surface area (TPSA) is 64.9 Å². The van der Waals surface area contributed by atoms with Crippen molar-refractivity contribution in [2.75, 3.05) is 5.73 Å². The van der Waals surface area contributed by atoms with E-state index in [0.717, 1.165) is 24.0 Å². The van der Waals surface area contributed by atoms with Crippen molar-refractivity contribution >= 4 is 5.82 Å². The van der Waals surface area contributed by atoms with Gasteiger partial charge in [-0.15, -0.1) is 0 Å². The van der Waals surface area contributed by atoms with Crippen molar-refractivity contribution in [1.29, 1.82) is 0 Å². The third-order valence-electron chi connectivity index (χ3n) is 2.66. The lowest BCUT2D eigenvalue weighted by Gasteiger charge is -2.17. The maximum absolute atomic E-state index is 6.12. The van der Waals surface area contributed by atoms with Gasteiger partial charge in [-0.2, -0.15) is 0 Å². The van der Waals surface area contributed by atoms with E-state index in [-0.39, 0.29) is 6.04 Å². The highest BCUT2D eigenvalue weighted by molar-refractivity contribution is 5.45. The lowest BCUT2D eigenvalue weighted by atomic mass is 9.96. The van der Waals surface area contributed by atoms with Crippen LogP contribution in [0.5, 0.6) is 0 Å². The minimum absolute atomic E-state index is 0.0149. The number of nitrogen functional groups attached to an aromatic ring is 1. The average molecular weight is 207 g/mol. The number of nitrogens with two attached hydrogens (primary N) is 2. The van der Waals surface area contributed by atoms with Gasteiger partial charge >= 0.3 is 0 Å². The van der Waals surface area contributed by atoms with Crippen molar-refractivity contribution in [2.45, 2.75) is 39.7 Å². The second-order valence-corrected chi connectivity index (χ2v) is 4.50. The van der Waals surface area contributed by atoms with Crippen LogP contribution in [0.2, 0.25) is 0 Å². The van der Waals surface area contributed by atoms with E-state index in [0.29, 0.717) is 11.7 Å². The van der Waals surface area contributed by atoms with Gasteiger partial charge in [-0.3, -0.25) is 0 Å². The molecule has 15 heavy (non-hydrogen) atoms. The molecule has 3 heteroatoms. The highest BCUT2D eigenvalue weighted by Gasteiger charge is 2.13. The highest BCUT2D eigenvalue weighted by Crippen LogP contribution is 2.25. The molecule has 0 radical (unpaired) electrons. The summed E-state index contributed by atoms with van der Waals surface area (Å²) in [5.41, 5.74) is 14.1. The molecular weight excluding hydrogens is 186 g/mol. The summed E-state index contributed by atoms with van der Waals surface area (Å²) in [5, 5.41) is 0. The van der Waals surface area contributed by atoms with Crippen LogP contribution >= 0.6 is 0 Å². The van der Waals surface area contributed by atoms with Crippen molar-refractivity contribution in [3.63, 3.8) is 0 Å². The van der Waals surface area contributed by atoms with Gasteiger partial charge in [0.1, 0.15) is 5.82 Å². The second kappa shape index (κ2) is 5.12. The van der Waals surface area contributed by atoms with Crippen LogP contribution in [0.4, 0.5) is 5.82 Å². The molecule has 0 aliphatic heterocycles. The average Bonchev–Trinajstić information content (AvgIpc) is 2.14. The van der Waals surface area contributed by atoms with Crippen LogP contribution in [0.1, 0.15) is 43.9 Å². The lowest BCUT2D eigenvalue weighted by Crippen LogP contribution is -2.15. The van der Waals surface area contributed by atoms with E-state index in [2.05, 4.69) is 18.8 Å². The van der Waals surface area contributed by atoms with Crippen molar-refractivity contribution in [3.05, 3.63) is 23.4 Å². The standard InChI is InChI=1S/C12H21N3/c1-8(2)4-5-10(13)11-9(3)6-7-15-12(11)14/h6-8,10H,4-5,13H2,1-3H3,(H2,14,15). The van der Waals surface area contributed by atoms with Gasteiger partial charge in [0.2, 0.25) is 0 Å². The first-order valence-electron chi connectivity index (χ1n) is 5.49. The predicted octanol–water partition coefficient (Wildman–Crippen LogP) is 2.41. The molecule has 1 rings (SSSR count). The SMILES string of the molecule is Cc1ccnc(N)c1C(N)CCC(C)C. The predicted molar refractivity (Wildman–Crippen MR) is 64.4 cm³/mol. The largest absolute Gasteiger partial charge is 0.383 e. The molecule has 0 amide bonds. The molecule has 1 atom stereocenters. The molecule has 1 aromatic heterocycles. The monoisotopic (exact) mass is 207 g/mol. The number of aromatic nitrogens is 1. The maximum atomic E-state index is 6.12. The third-order valence-corrected chi connectivity index (χ3v) is 2.66. The second-order valence-electron chi connectivity index (χ2n) is 4.50. The van der Waals surface area contributed by atoms with Crippen LogP contribution in [-0.4, -0.2) is 4.98 Å². The molecule has 0 fully saturated rings. The Kier molecular flexibility index (Phi) is 4.09. The number of aryl methyl sites for hydroxylation is 1. The zero-order valence-corrected chi connectivity index (χ0v) is 9.83. The summed E-state index contributed by atoms with van der Waals surface area (Å²) >= 11 is 0. The first-order chi connectivity index (χ1) is 7.02. The Hall–Kier alpha value is -1.09. The van der Waals surface area contributed by atoms with Crippen LogP contribution in [0, 0.1) is 12.8 Å². The van der Waals surface area contributed by atoms with Crippen molar-refractivity contribution in [2.24, 2.45) is 11.7 Å². The quantitative estimate of drug-likeness (QED) is 0.796. The van der Waals surface area contributed by atoms with Crippen molar-refractivity contribution in [1.82, 2.24) is 4.98 Å². The van der Waals surface area contributed by atoms with Gasteiger partial charge in [-0.05, 0) is 37.3 Å². The van der Waals surface area contributed by atoms with E-state index in [9.17, 15) is 0 Å². The smallest absolute Gasteiger partial charge is 0.128 e. The van der Waals surface area contributed by atoms with Gasteiger partial charge in [-0.25, -0.2) is 4.98 Å². The highest BCUT2D eigenvalue weighted by atomic mass is 14.8. The fourth-order valence-electron chi connectivity index (χ4n) is 1.73. The van der Waals surface area contributed by atoms with E-state index >= 15 is 0 Å². The maximum Gasteiger partial charge on any atom is 0.128 e. The molecule has 3 nitrogen and oxygen atoms in total. The summed E-state index contributed by atoms with van der Waals surface area (Å²) in [6, 6.07) is 1.97. The summed E-state index contributed by atoms with van der Waals surface area (Å²) in [7, 11) is 0. The molecule has 0 saturated carbocycles. The molecule has 1 unspecified atom stereocenters. The van der Waals surface area contributed by atoms with Gasteiger partial charge in [-0.1, -0.05) is 13.8 Å². The van der Waals surface area contributed by atoms with Crippen molar-refractivity contribution < 1.29 is 0 Å². The molecule has 0 saturated heterocycles. The molecule has 1 heterocycles. The van der Waals surface area contributed by atoms with Gasteiger partial charge in [0, 0.05) is 17.8 Å². The van der Waals surface area contributed by atoms with Gasteiger partial charge < -0.3 is 11.5 Å². The molecule has 0 aliphatic rings. The van der Waals surface area contributed by atoms with Gasteiger partial charge in [0.05, 0.1) is 0 Å². The zero-order chi connectivity index (χ0) is 11.4. The van der Waals surface area contributed by atoms with E-state index in [4.69, 9.17) is 11.5 Å². The number of nitrogens with zero attached hydrogens (tertiary/aromatic N) is 1. The fourth-order valence-corrected chi connectivity index (χ4v) is 1.73. The first kappa shape index (κ1) is 12.0. The molecule has 84 valence electrons. The summed E-state index contributed by atoms with van der Waals surface area (Å²) < 4.78 is 0. The summed E-state index contributed by atoms with van der Waals surface area (Å²) in [4.78, 5) is 4.09. The molecule has 0 spiro atoms. The number of anilines is 1. The normalized spacial score (nSPS) is 13.1. The molecule has 0 bridgehead atoms. The van der Waals surface area contributed by atoms with E-state index in [1.807, 2.05) is 13.0 Å². The Labute approximate surface area is 91.9 Å². The summed E-state index contributed by atoms with van der Waals surface area (Å²) in [5.74, 6) is 1.25. The Morgan fingerprint density at radius 3 is 2.53 bits per heavy atom. The summed E-state index contributed by atoms with van der Waals surface area (Å²) in [6.07, 6.45) is 3.81. The van der Waals surface area contributed by atoms with Crippen LogP contribution < -0.4 is 11.5 Å². The molecular formula is C12H21N3. The van der Waals surface area contributed by atoms with Crippen LogP contribution in [-0.2, 0) is 0 Å². The van der Waals surface area contributed by atoms with Crippen LogP contribution in [0.3, 0.4) is 0 Å². The van der Waals surface area contributed by atoms with Gasteiger partial charge in [0.25, 0.3) is 0 Å². The number of hydrogen-bond acceptors (Lipinski definition) is 3. The zero-order valence-electron chi connectivity index (χ0n) is 9.83. The fraction of sp³-hybridized carbons (Fsp3) is 0.583. The Balaban J connectivity index is 2.77.